The van der Waals surface area contributed by atoms with Crippen molar-refractivity contribution in [1.82, 2.24) is 9.78 Å². The second kappa shape index (κ2) is 3.68. The van der Waals surface area contributed by atoms with Gasteiger partial charge in [-0.2, -0.15) is 10.4 Å². The lowest BCUT2D eigenvalue weighted by Crippen LogP contribution is -2.04. The fourth-order valence-corrected chi connectivity index (χ4v) is 3.65. The molecular formula is C12H9N3O2S. The molecule has 1 aromatic heterocycles. The predicted molar refractivity (Wildman–Crippen MR) is 64.6 cm³/mol. The van der Waals surface area contributed by atoms with Crippen molar-refractivity contribution in [3.63, 3.8) is 0 Å². The largest absolute Gasteiger partial charge is 0.236 e. The minimum atomic E-state index is -3.03. The monoisotopic (exact) mass is 259 g/mol. The van der Waals surface area contributed by atoms with Crippen molar-refractivity contribution < 1.29 is 8.42 Å². The zero-order chi connectivity index (χ0) is 12.8. The highest BCUT2D eigenvalue weighted by Crippen LogP contribution is 2.26. The third kappa shape index (κ3) is 1.69. The highest BCUT2D eigenvalue weighted by molar-refractivity contribution is 7.90. The smallest absolute Gasteiger partial charge is 0.160 e. The van der Waals surface area contributed by atoms with E-state index >= 15 is 0 Å². The SMILES string of the molecule is N#Cc1cccc(-n2ncc3c2CS(=O)(=O)C3)c1. The Kier molecular flexibility index (Phi) is 2.25. The van der Waals surface area contributed by atoms with E-state index in [4.69, 9.17) is 5.26 Å². The molecule has 1 aliphatic rings. The number of nitrogens with zero attached hydrogens (tertiary/aromatic N) is 3. The molecule has 0 spiro atoms. The highest BCUT2D eigenvalue weighted by atomic mass is 32.2. The molecule has 0 bridgehead atoms. The summed E-state index contributed by atoms with van der Waals surface area (Å²) < 4.78 is 24.7. The molecule has 0 unspecified atom stereocenters. The number of rotatable bonds is 1. The Morgan fingerprint density at radius 3 is 2.94 bits per heavy atom. The molecule has 3 rings (SSSR count). The van der Waals surface area contributed by atoms with Crippen LogP contribution < -0.4 is 0 Å². The molecular weight excluding hydrogens is 250 g/mol. The zero-order valence-corrected chi connectivity index (χ0v) is 10.2. The lowest BCUT2D eigenvalue weighted by atomic mass is 10.2. The van der Waals surface area contributed by atoms with Crippen molar-refractivity contribution in [1.29, 1.82) is 5.26 Å². The lowest BCUT2D eigenvalue weighted by Gasteiger charge is -2.05. The van der Waals surface area contributed by atoms with Gasteiger partial charge in [0.1, 0.15) is 0 Å². The Balaban J connectivity index is 2.13. The van der Waals surface area contributed by atoms with Gasteiger partial charge in [0.25, 0.3) is 0 Å². The van der Waals surface area contributed by atoms with E-state index < -0.39 is 9.84 Å². The number of hydrogen-bond acceptors (Lipinski definition) is 4. The second-order valence-corrected chi connectivity index (χ2v) is 6.29. The van der Waals surface area contributed by atoms with Gasteiger partial charge >= 0.3 is 0 Å². The van der Waals surface area contributed by atoms with Crippen LogP contribution in [-0.4, -0.2) is 18.2 Å². The van der Waals surface area contributed by atoms with Crippen molar-refractivity contribution in [2.45, 2.75) is 11.5 Å². The van der Waals surface area contributed by atoms with Gasteiger partial charge < -0.3 is 0 Å². The Bertz CT molecular complexity index is 769. The van der Waals surface area contributed by atoms with Crippen LogP contribution in [-0.2, 0) is 21.3 Å². The van der Waals surface area contributed by atoms with E-state index in [1.54, 1.807) is 35.1 Å². The normalized spacial score (nSPS) is 16.2. The van der Waals surface area contributed by atoms with Crippen LogP contribution in [0.5, 0.6) is 0 Å². The van der Waals surface area contributed by atoms with Crippen LogP contribution in [0.15, 0.2) is 30.5 Å². The van der Waals surface area contributed by atoms with Gasteiger partial charge in [0.15, 0.2) is 9.84 Å². The summed E-state index contributed by atoms with van der Waals surface area (Å²) in [7, 11) is -3.03. The first-order valence-corrected chi connectivity index (χ1v) is 7.18. The molecule has 18 heavy (non-hydrogen) atoms. The Hall–Kier alpha value is -2.13. The molecule has 0 aliphatic carbocycles. The van der Waals surface area contributed by atoms with Crippen molar-refractivity contribution in [2.75, 3.05) is 0 Å². The van der Waals surface area contributed by atoms with Gasteiger partial charge in [0.05, 0.1) is 40.7 Å². The minimum Gasteiger partial charge on any atom is -0.236 e. The van der Waals surface area contributed by atoms with E-state index in [-0.39, 0.29) is 11.5 Å². The summed E-state index contributed by atoms with van der Waals surface area (Å²) in [6.07, 6.45) is 1.58. The second-order valence-electron chi connectivity index (χ2n) is 4.22. The predicted octanol–water partition coefficient (Wildman–Crippen LogP) is 1.17. The van der Waals surface area contributed by atoms with Gasteiger partial charge in [-0.05, 0) is 18.2 Å². The molecule has 0 atom stereocenters. The summed E-state index contributed by atoms with van der Waals surface area (Å²) >= 11 is 0. The number of fused-ring (bicyclic) bond motifs is 1. The number of benzene rings is 1. The van der Waals surface area contributed by atoms with Crippen molar-refractivity contribution in [3.8, 4) is 11.8 Å². The van der Waals surface area contributed by atoms with Crippen molar-refractivity contribution in [2.24, 2.45) is 0 Å². The average Bonchev–Trinajstić information content (AvgIpc) is 2.84. The van der Waals surface area contributed by atoms with Gasteiger partial charge in [0, 0.05) is 5.56 Å². The van der Waals surface area contributed by atoms with E-state index in [1.165, 1.54) is 0 Å². The molecule has 2 aromatic rings. The first-order valence-electron chi connectivity index (χ1n) is 5.36. The van der Waals surface area contributed by atoms with E-state index in [0.717, 1.165) is 5.56 Å². The summed E-state index contributed by atoms with van der Waals surface area (Å²) in [5.41, 5.74) is 2.69. The van der Waals surface area contributed by atoms with E-state index in [9.17, 15) is 8.42 Å². The summed E-state index contributed by atoms with van der Waals surface area (Å²) in [4.78, 5) is 0. The maximum atomic E-state index is 11.6. The fourth-order valence-electron chi connectivity index (χ4n) is 2.11. The van der Waals surface area contributed by atoms with Crippen LogP contribution in [0, 0.1) is 11.3 Å². The fraction of sp³-hybridized carbons (Fsp3) is 0.167. The van der Waals surface area contributed by atoms with Crippen LogP contribution in [0.3, 0.4) is 0 Å². The van der Waals surface area contributed by atoms with Gasteiger partial charge in [-0.3, -0.25) is 0 Å². The molecule has 1 aliphatic heterocycles. The Morgan fingerprint density at radius 2 is 2.17 bits per heavy atom. The number of sulfone groups is 1. The summed E-state index contributed by atoms with van der Waals surface area (Å²) in [5, 5.41) is 13.1. The summed E-state index contributed by atoms with van der Waals surface area (Å²) in [6, 6.07) is 9.00. The molecule has 0 saturated carbocycles. The van der Waals surface area contributed by atoms with Gasteiger partial charge in [-0.25, -0.2) is 13.1 Å². The lowest BCUT2D eigenvalue weighted by molar-refractivity contribution is 0.596. The first kappa shape index (κ1) is 11.0. The van der Waals surface area contributed by atoms with Crippen LogP contribution in [0.1, 0.15) is 16.8 Å². The molecule has 0 saturated heterocycles. The van der Waals surface area contributed by atoms with Gasteiger partial charge in [-0.15, -0.1) is 0 Å². The summed E-state index contributed by atoms with van der Waals surface area (Å²) in [5.74, 6) is 0.0688. The van der Waals surface area contributed by atoms with E-state index in [1.807, 2.05) is 0 Å². The van der Waals surface area contributed by atoms with E-state index in [2.05, 4.69) is 11.2 Å². The number of nitriles is 1. The summed E-state index contributed by atoms with van der Waals surface area (Å²) in [6.45, 7) is 0. The molecule has 1 aromatic carbocycles. The first-order chi connectivity index (χ1) is 8.59. The van der Waals surface area contributed by atoms with Crippen LogP contribution >= 0.6 is 0 Å². The number of hydrogen-bond donors (Lipinski definition) is 0. The minimum absolute atomic E-state index is 0.0130. The third-order valence-electron chi connectivity index (χ3n) is 2.91. The zero-order valence-electron chi connectivity index (χ0n) is 9.37. The third-order valence-corrected chi connectivity index (χ3v) is 4.37. The molecule has 0 radical (unpaired) electrons. The average molecular weight is 259 g/mol. The van der Waals surface area contributed by atoms with Crippen LogP contribution in [0.25, 0.3) is 5.69 Å². The molecule has 2 heterocycles. The van der Waals surface area contributed by atoms with Crippen molar-refractivity contribution >= 4 is 9.84 Å². The van der Waals surface area contributed by atoms with Gasteiger partial charge in [0.2, 0.25) is 0 Å². The molecule has 6 heteroatoms. The quantitative estimate of drug-likeness (QED) is 0.770. The Labute approximate surface area is 104 Å². The number of aromatic nitrogens is 2. The highest BCUT2D eigenvalue weighted by Gasteiger charge is 2.29. The standard InChI is InChI=1S/C12H9N3O2S/c13-5-9-2-1-3-11(4-9)15-12-8-18(16,17)7-10(12)6-14-15/h1-4,6H,7-8H2. The van der Waals surface area contributed by atoms with E-state index in [0.29, 0.717) is 16.9 Å². The molecule has 90 valence electrons. The van der Waals surface area contributed by atoms with Crippen LogP contribution in [0.4, 0.5) is 0 Å². The van der Waals surface area contributed by atoms with Gasteiger partial charge in [-0.1, -0.05) is 6.07 Å². The topological polar surface area (TPSA) is 75.8 Å². The van der Waals surface area contributed by atoms with Crippen molar-refractivity contribution in [3.05, 3.63) is 47.3 Å². The Morgan fingerprint density at radius 1 is 1.33 bits per heavy atom. The maximum Gasteiger partial charge on any atom is 0.160 e. The van der Waals surface area contributed by atoms with Crippen LogP contribution in [0.2, 0.25) is 0 Å². The molecule has 0 amide bonds. The molecule has 0 fully saturated rings. The maximum absolute atomic E-state index is 11.6. The molecule has 0 N–H and O–H groups in total. The molecule has 5 nitrogen and oxygen atoms in total.